The lowest BCUT2D eigenvalue weighted by Crippen LogP contribution is -2.00. The molecule has 0 saturated heterocycles. The van der Waals surface area contributed by atoms with Crippen molar-refractivity contribution in [3.05, 3.63) is 55.1 Å². The Kier molecular flexibility index (Phi) is 4.41. The highest BCUT2D eigenvalue weighted by molar-refractivity contribution is 5.56. The Hall–Kier alpha value is -1.77. The van der Waals surface area contributed by atoms with Gasteiger partial charge in [-0.3, -0.25) is 0 Å². The van der Waals surface area contributed by atoms with Crippen LogP contribution in [0.4, 0.5) is 4.39 Å². The first kappa shape index (κ1) is 11.3. The number of rotatable bonds is 6. The molecule has 0 spiro atoms. The number of halogens is 1. The average molecular weight is 208 g/mol. The van der Waals surface area contributed by atoms with Crippen LogP contribution in [0.5, 0.6) is 0 Å². The predicted octanol–water partition coefficient (Wildman–Crippen LogP) is 2.97. The zero-order valence-electron chi connectivity index (χ0n) is 8.41. The minimum absolute atomic E-state index is 0.276. The Balaban J connectivity index is 2.40. The molecule has 1 aromatic carbocycles. The van der Waals surface area contributed by atoms with E-state index in [1.807, 2.05) is 0 Å². The van der Waals surface area contributed by atoms with Crippen LogP contribution in [0.3, 0.4) is 0 Å². The van der Waals surface area contributed by atoms with Gasteiger partial charge in [-0.15, -0.1) is 0 Å². The summed E-state index contributed by atoms with van der Waals surface area (Å²) in [6, 6.07) is 5.96. The maximum Gasteiger partial charge on any atom is 0.123 e. The van der Waals surface area contributed by atoms with Gasteiger partial charge < -0.3 is 9.47 Å². The highest BCUT2D eigenvalue weighted by Gasteiger charge is 1.99. The molecule has 0 aliphatic heterocycles. The molecule has 0 saturated carbocycles. The van der Waals surface area contributed by atoms with Crippen molar-refractivity contribution in [3.8, 4) is 0 Å². The molecule has 1 aromatic rings. The largest absolute Gasteiger partial charge is 0.498 e. The van der Waals surface area contributed by atoms with E-state index >= 15 is 0 Å². The second-order valence-corrected chi connectivity index (χ2v) is 2.82. The van der Waals surface area contributed by atoms with Crippen LogP contribution in [0, 0.1) is 5.82 Å². The zero-order valence-corrected chi connectivity index (χ0v) is 8.41. The van der Waals surface area contributed by atoms with Crippen molar-refractivity contribution >= 4 is 5.76 Å². The Morgan fingerprint density at radius 1 is 1.27 bits per heavy atom. The van der Waals surface area contributed by atoms with Gasteiger partial charge in [0.2, 0.25) is 0 Å². The molecule has 15 heavy (non-hydrogen) atoms. The van der Waals surface area contributed by atoms with Gasteiger partial charge in [-0.05, 0) is 24.3 Å². The second kappa shape index (κ2) is 5.86. The number of benzene rings is 1. The second-order valence-electron chi connectivity index (χ2n) is 2.82. The first-order valence-corrected chi connectivity index (χ1v) is 4.54. The van der Waals surface area contributed by atoms with Gasteiger partial charge in [-0.1, -0.05) is 13.2 Å². The van der Waals surface area contributed by atoms with Crippen LogP contribution in [0.15, 0.2) is 43.7 Å². The van der Waals surface area contributed by atoms with Crippen molar-refractivity contribution in [3.63, 3.8) is 0 Å². The Morgan fingerprint density at radius 2 is 1.93 bits per heavy atom. The molecule has 1 rings (SSSR count). The lowest BCUT2D eigenvalue weighted by molar-refractivity contribution is 0.163. The van der Waals surface area contributed by atoms with Crippen LogP contribution in [0.1, 0.15) is 5.56 Å². The first-order chi connectivity index (χ1) is 7.24. The Morgan fingerprint density at radius 3 is 2.53 bits per heavy atom. The maximum absolute atomic E-state index is 12.6. The van der Waals surface area contributed by atoms with Crippen molar-refractivity contribution in [2.24, 2.45) is 0 Å². The predicted molar refractivity (Wildman–Crippen MR) is 57.5 cm³/mol. The molecule has 0 bridgehead atoms. The van der Waals surface area contributed by atoms with Gasteiger partial charge in [-0.25, -0.2) is 4.39 Å². The van der Waals surface area contributed by atoms with Gasteiger partial charge in [0.1, 0.15) is 24.8 Å². The van der Waals surface area contributed by atoms with E-state index in [0.29, 0.717) is 19.0 Å². The summed E-state index contributed by atoms with van der Waals surface area (Å²) in [7, 11) is 0. The molecule has 0 aromatic heterocycles. The molecule has 0 amide bonds. The molecule has 3 heteroatoms. The molecule has 0 aliphatic rings. The smallest absolute Gasteiger partial charge is 0.123 e. The normalized spacial score (nSPS) is 9.40. The van der Waals surface area contributed by atoms with E-state index in [9.17, 15) is 4.39 Å². The molecule has 80 valence electrons. The minimum atomic E-state index is -0.276. The Labute approximate surface area is 88.6 Å². The average Bonchev–Trinajstić information content (AvgIpc) is 2.25. The van der Waals surface area contributed by atoms with Crippen molar-refractivity contribution in [2.75, 3.05) is 13.2 Å². The van der Waals surface area contributed by atoms with E-state index in [2.05, 4.69) is 13.2 Å². The van der Waals surface area contributed by atoms with Crippen molar-refractivity contribution in [1.29, 1.82) is 0 Å². The van der Waals surface area contributed by atoms with Crippen molar-refractivity contribution < 1.29 is 13.9 Å². The summed E-state index contributed by atoms with van der Waals surface area (Å²) >= 11 is 0. The molecular weight excluding hydrogens is 195 g/mol. The molecular formula is C12H13FO2. The third-order valence-electron chi connectivity index (χ3n) is 1.76. The molecule has 0 radical (unpaired) electrons. The number of hydrogen-bond acceptors (Lipinski definition) is 2. The highest BCUT2D eigenvalue weighted by Crippen LogP contribution is 2.13. The van der Waals surface area contributed by atoms with Gasteiger partial charge in [0.05, 0.1) is 6.26 Å². The van der Waals surface area contributed by atoms with Crippen LogP contribution in [0.2, 0.25) is 0 Å². The van der Waals surface area contributed by atoms with Crippen LogP contribution in [0.25, 0.3) is 5.76 Å². The fraction of sp³-hybridized carbons (Fsp3) is 0.167. The topological polar surface area (TPSA) is 18.5 Å². The quantitative estimate of drug-likeness (QED) is 0.528. The van der Waals surface area contributed by atoms with Gasteiger partial charge in [0.15, 0.2) is 0 Å². The summed E-state index contributed by atoms with van der Waals surface area (Å²) in [5, 5.41) is 0. The lowest BCUT2D eigenvalue weighted by atomic mass is 10.2. The third kappa shape index (κ3) is 3.85. The van der Waals surface area contributed by atoms with E-state index in [-0.39, 0.29) is 5.82 Å². The van der Waals surface area contributed by atoms with Crippen LogP contribution < -0.4 is 0 Å². The summed E-state index contributed by atoms with van der Waals surface area (Å²) in [5.41, 5.74) is 0.759. The monoisotopic (exact) mass is 208 g/mol. The summed E-state index contributed by atoms with van der Waals surface area (Å²) in [6.07, 6.45) is 1.35. The highest BCUT2D eigenvalue weighted by atomic mass is 19.1. The van der Waals surface area contributed by atoms with Crippen LogP contribution in [-0.4, -0.2) is 13.2 Å². The first-order valence-electron chi connectivity index (χ1n) is 4.54. The van der Waals surface area contributed by atoms with E-state index in [1.54, 1.807) is 12.1 Å². The summed E-state index contributed by atoms with van der Waals surface area (Å²) in [4.78, 5) is 0. The molecule has 0 N–H and O–H groups in total. The van der Waals surface area contributed by atoms with Gasteiger partial charge in [0.25, 0.3) is 0 Å². The molecule has 0 atom stereocenters. The summed E-state index contributed by atoms with van der Waals surface area (Å²) < 4.78 is 22.8. The van der Waals surface area contributed by atoms with Crippen molar-refractivity contribution in [1.82, 2.24) is 0 Å². The van der Waals surface area contributed by atoms with Crippen molar-refractivity contribution in [2.45, 2.75) is 0 Å². The lowest BCUT2D eigenvalue weighted by Gasteiger charge is -2.08. The van der Waals surface area contributed by atoms with E-state index in [1.165, 1.54) is 18.4 Å². The van der Waals surface area contributed by atoms with E-state index in [4.69, 9.17) is 9.47 Å². The molecule has 0 aliphatic carbocycles. The molecule has 0 heterocycles. The SMILES string of the molecule is C=COCCOC(=C)c1ccc(F)cc1. The zero-order chi connectivity index (χ0) is 11.1. The summed E-state index contributed by atoms with van der Waals surface area (Å²) in [6.45, 7) is 7.94. The minimum Gasteiger partial charge on any atom is -0.498 e. The van der Waals surface area contributed by atoms with Gasteiger partial charge in [-0.2, -0.15) is 0 Å². The van der Waals surface area contributed by atoms with Crippen LogP contribution in [-0.2, 0) is 9.47 Å². The van der Waals surface area contributed by atoms with Gasteiger partial charge in [0, 0.05) is 5.56 Å². The standard InChI is InChI=1S/C12H13FO2/c1-3-14-8-9-15-10(2)11-4-6-12(13)7-5-11/h3-7H,1-2,8-9H2. The van der Waals surface area contributed by atoms with E-state index < -0.39 is 0 Å². The molecule has 0 unspecified atom stereocenters. The van der Waals surface area contributed by atoms with E-state index in [0.717, 1.165) is 5.56 Å². The van der Waals surface area contributed by atoms with Crippen LogP contribution >= 0.6 is 0 Å². The number of ether oxygens (including phenoxy) is 2. The Bertz CT molecular complexity index is 330. The fourth-order valence-electron chi connectivity index (χ4n) is 1.02. The number of hydrogen-bond donors (Lipinski definition) is 0. The fourth-order valence-corrected chi connectivity index (χ4v) is 1.02. The maximum atomic E-state index is 12.6. The summed E-state index contributed by atoms with van der Waals surface area (Å²) in [5.74, 6) is 0.226. The van der Waals surface area contributed by atoms with Gasteiger partial charge >= 0.3 is 0 Å². The molecule has 0 fully saturated rings. The third-order valence-corrected chi connectivity index (χ3v) is 1.76. The molecule has 2 nitrogen and oxygen atoms in total.